The lowest BCUT2D eigenvalue weighted by Gasteiger charge is -2.15. The zero-order chi connectivity index (χ0) is 15.1. The SMILES string of the molecule is NCCC1(CNc2nccn3nc(C(F)(F)F)cc23)CC1. The molecule has 0 saturated heterocycles. The van der Waals surface area contributed by atoms with Crippen molar-refractivity contribution in [2.45, 2.75) is 25.4 Å². The van der Waals surface area contributed by atoms with Crippen LogP contribution in [0.2, 0.25) is 0 Å². The fourth-order valence-corrected chi connectivity index (χ4v) is 2.47. The van der Waals surface area contributed by atoms with Crippen LogP contribution in [0.1, 0.15) is 25.0 Å². The molecule has 0 radical (unpaired) electrons. The average Bonchev–Trinajstić information content (AvgIpc) is 3.02. The van der Waals surface area contributed by atoms with Crippen LogP contribution in [0, 0.1) is 5.41 Å². The largest absolute Gasteiger partial charge is 0.435 e. The molecule has 0 unspecified atom stereocenters. The highest BCUT2D eigenvalue weighted by atomic mass is 19.4. The Hall–Kier alpha value is -1.83. The third kappa shape index (κ3) is 2.80. The standard InChI is InChI=1S/C13H16F3N5/c14-13(15,16)10-7-9-11(18-5-6-21(9)20-10)19-8-12(1-2-12)3-4-17/h5-7H,1-4,8,17H2,(H,18,19). The molecule has 5 nitrogen and oxygen atoms in total. The van der Waals surface area contributed by atoms with Crippen molar-refractivity contribution in [2.24, 2.45) is 11.1 Å². The summed E-state index contributed by atoms with van der Waals surface area (Å²) in [6.07, 6.45) is 1.48. The Kier molecular flexibility index (Phi) is 3.27. The molecule has 0 bridgehead atoms. The molecule has 1 aliphatic carbocycles. The van der Waals surface area contributed by atoms with Crippen molar-refractivity contribution in [1.29, 1.82) is 0 Å². The number of alkyl halides is 3. The first-order chi connectivity index (χ1) is 9.93. The summed E-state index contributed by atoms with van der Waals surface area (Å²) < 4.78 is 39.3. The molecule has 114 valence electrons. The molecule has 3 N–H and O–H groups in total. The van der Waals surface area contributed by atoms with E-state index in [9.17, 15) is 13.2 Å². The number of nitrogens with one attached hydrogen (secondary N) is 1. The van der Waals surface area contributed by atoms with E-state index in [0.717, 1.165) is 25.3 Å². The van der Waals surface area contributed by atoms with Crippen molar-refractivity contribution in [3.8, 4) is 0 Å². The highest BCUT2D eigenvalue weighted by Crippen LogP contribution is 2.48. The first kappa shape index (κ1) is 14.1. The number of fused-ring (bicyclic) bond motifs is 1. The molecule has 3 rings (SSSR count). The van der Waals surface area contributed by atoms with Gasteiger partial charge in [0, 0.05) is 25.0 Å². The maximum Gasteiger partial charge on any atom is 0.435 e. The highest BCUT2D eigenvalue weighted by molar-refractivity contribution is 5.68. The van der Waals surface area contributed by atoms with Crippen LogP contribution in [0.15, 0.2) is 18.5 Å². The van der Waals surface area contributed by atoms with Crippen LogP contribution in [0.5, 0.6) is 0 Å². The van der Waals surface area contributed by atoms with E-state index in [1.54, 1.807) is 0 Å². The first-order valence-corrected chi connectivity index (χ1v) is 6.79. The minimum atomic E-state index is -4.46. The molecule has 0 amide bonds. The predicted molar refractivity (Wildman–Crippen MR) is 71.8 cm³/mol. The molecular weight excluding hydrogens is 283 g/mol. The molecule has 0 spiro atoms. The van der Waals surface area contributed by atoms with Gasteiger partial charge in [-0.3, -0.25) is 0 Å². The van der Waals surface area contributed by atoms with Crippen LogP contribution in [-0.2, 0) is 6.18 Å². The van der Waals surface area contributed by atoms with Crippen LogP contribution >= 0.6 is 0 Å². The molecule has 2 heterocycles. The van der Waals surface area contributed by atoms with Gasteiger partial charge in [-0.15, -0.1) is 0 Å². The smallest absolute Gasteiger partial charge is 0.368 e. The van der Waals surface area contributed by atoms with Gasteiger partial charge < -0.3 is 11.1 Å². The molecule has 8 heteroatoms. The molecule has 2 aromatic rings. The van der Waals surface area contributed by atoms with Crippen LogP contribution in [0.4, 0.5) is 19.0 Å². The number of halogens is 3. The molecule has 1 aliphatic rings. The van der Waals surface area contributed by atoms with E-state index in [2.05, 4.69) is 15.4 Å². The number of hydrogen-bond acceptors (Lipinski definition) is 4. The number of rotatable bonds is 5. The summed E-state index contributed by atoms with van der Waals surface area (Å²) in [5.41, 5.74) is 5.17. The Labute approximate surface area is 119 Å². The quantitative estimate of drug-likeness (QED) is 0.889. The van der Waals surface area contributed by atoms with E-state index in [1.807, 2.05) is 0 Å². The second-order valence-corrected chi connectivity index (χ2v) is 5.53. The van der Waals surface area contributed by atoms with Gasteiger partial charge in [0.05, 0.1) is 0 Å². The van der Waals surface area contributed by atoms with Crippen molar-refractivity contribution in [3.63, 3.8) is 0 Å². The minimum absolute atomic E-state index is 0.177. The lowest BCUT2D eigenvalue weighted by atomic mass is 10.0. The monoisotopic (exact) mass is 299 g/mol. The average molecular weight is 299 g/mol. The lowest BCUT2D eigenvalue weighted by Crippen LogP contribution is -2.19. The number of aromatic nitrogens is 3. The van der Waals surface area contributed by atoms with Crippen LogP contribution in [-0.4, -0.2) is 27.7 Å². The highest BCUT2D eigenvalue weighted by Gasteiger charge is 2.41. The van der Waals surface area contributed by atoms with Gasteiger partial charge in [0.1, 0.15) is 5.52 Å². The Morgan fingerprint density at radius 2 is 2.14 bits per heavy atom. The van der Waals surface area contributed by atoms with E-state index >= 15 is 0 Å². The molecule has 2 aromatic heterocycles. The fraction of sp³-hybridized carbons (Fsp3) is 0.538. The minimum Gasteiger partial charge on any atom is -0.368 e. The van der Waals surface area contributed by atoms with Gasteiger partial charge in [-0.1, -0.05) is 0 Å². The normalized spacial score (nSPS) is 17.1. The van der Waals surface area contributed by atoms with Gasteiger partial charge in [-0.2, -0.15) is 18.3 Å². The molecule has 0 atom stereocenters. The van der Waals surface area contributed by atoms with Gasteiger partial charge in [0.2, 0.25) is 0 Å². The maximum atomic E-state index is 12.7. The van der Waals surface area contributed by atoms with Crippen LogP contribution in [0.25, 0.3) is 5.52 Å². The lowest BCUT2D eigenvalue weighted by molar-refractivity contribution is -0.141. The van der Waals surface area contributed by atoms with Crippen molar-refractivity contribution >= 4 is 11.3 Å². The zero-order valence-electron chi connectivity index (χ0n) is 11.3. The van der Waals surface area contributed by atoms with E-state index in [4.69, 9.17) is 5.73 Å². The summed E-state index contributed by atoms with van der Waals surface area (Å²) in [6, 6.07) is 1.01. The van der Waals surface area contributed by atoms with E-state index < -0.39 is 11.9 Å². The summed E-state index contributed by atoms with van der Waals surface area (Å²) in [5, 5.41) is 6.68. The third-order valence-electron chi connectivity index (χ3n) is 3.94. The van der Waals surface area contributed by atoms with Gasteiger partial charge in [0.15, 0.2) is 11.5 Å². The summed E-state index contributed by atoms with van der Waals surface area (Å²) >= 11 is 0. The van der Waals surface area contributed by atoms with Crippen molar-refractivity contribution < 1.29 is 13.2 Å². The van der Waals surface area contributed by atoms with Crippen LogP contribution < -0.4 is 11.1 Å². The Balaban J connectivity index is 1.84. The van der Waals surface area contributed by atoms with Crippen molar-refractivity contribution in [2.75, 3.05) is 18.4 Å². The number of hydrogen-bond donors (Lipinski definition) is 2. The molecular formula is C13H16F3N5. The zero-order valence-corrected chi connectivity index (χ0v) is 11.3. The number of anilines is 1. The van der Waals surface area contributed by atoms with Crippen molar-refractivity contribution in [3.05, 3.63) is 24.2 Å². The van der Waals surface area contributed by atoms with E-state index in [0.29, 0.717) is 24.4 Å². The number of nitrogens with zero attached hydrogens (tertiary/aromatic N) is 3. The molecule has 0 aliphatic heterocycles. The predicted octanol–water partition coefficient (Wildman–Crippen LogP) is 2.29. The van der Waals surface area contributed by atoms with Crippen molar-refractivity contribution in [1.82, 2.24) is 14.6 Å². The third-order valence-corrected chi connectivity index (χ3v) is 3.94. The summed E-state index contributed by atoms with van der Waals surface area (Å²) in [4.78, 5) is 4.12. The Morgan fingerprint density at radius 3 is 2.76 bits per heavy atom. The fourth-order valence-electron chi connectivity index (χ4n) is 2.47. The molecule has 0 aromatic carbocycles. The second kappa shape index (κ2) is 4.87. The van der Waals surface area contributed by atoms with Gasteiger partial charge in [0.25, 0.3) is 0 Å². The summed E-state index contributed by atoms with van der Waals surface area (Å²) in [5.74, 6) is 0.420. The second-order valence-electron chi connectivity index (χ2n) is 5.53. The summed E-state index contributed by atoms with van der Waals surface area (Å²) in [7, 11) is 0. The molecule has 1 fully saturated rings. The Bertz CT molecular complexity index is 645. The Morgan fingerprint density at radius 1 is 1.38 bits per heavy atom. The number of nitrogens with two attached hydrogens (primary N) is 1. The summed E-state index contributed by atoms with van der Waals surface area (Å²) in [6.45, 7) is 1.29. The van der Waals surface area contributed by atoms with E-state index in [-0.39, 0.29) is 5.41 Å². The maximum absolute atomic E-state index is 12.7. The topological polar surface area (TPSA) is 68.2 Å². The van der Waals surface area contributed by atoms with Gasteiger partial charge in [-0.05, 0) is 31.2 Å². The molecule has 21 heavy (non-hydrogen) atoms. The van der Waals surface area contributed by atoms with Gasteiger partial charge >= 0.3 is 6.18 Å². The van der Waals surface area contributed by atoms with Gasteiger partial charge in [-0.25, -0.2) is 9.50 Å². The first-order valence-electron chi connectivity index (χ1n) is 6.79. The van der Waals surface area contributed by atoms with E-state index in [1.165, 1.54) is 16.9 Å². The molecule has 1 saturated carbocycles. The van der Waals surface area contributed by atoms with Crippen LogP contribution in [0.3, 0.4) is 0 Å².